The Morgan fingerprint density at radius 1 is 1.77 bits per heavy atom. The predicted molar refractivity (Wildman–Crippen MR) is 43.7 cm³/mol. The molecule has 1 aliphatic heterocycles. The SMILES string of the molecule is COC(=O)C1=CC[C@H]2[C@@H]1CO[C@@H]2O. The number of ether oxygens (including phenoxy) is 2. The van der Waals surface area contributed by atoms with Crippen molar-refractivity contribution in [3.05, 3.63) is 11.6 Å². The maximum Gasteiger partial charge on any atom is 0.333 e. The van der Waals surface area contributed by atoms with E-state index < -0.39 is 6.29 Å². The van der Waals surface area contributed by atoms with Crippen LogP contribution in [0.2, 0.25) is 0 Å². The van der Waals surface area contributed by atoms with Gasteiger partial charge in [0, 0.05) is 17.4 Å². The molecule has 72 valence electrons. The van der Waals surface area contributed by atoms with Gasteiger partial charge in [0.1, 0.15) is 0 Å². The molecule has 0 bridgehead atoms. The van der Waals surface area contributed by atoms with Crippen molar-refractivity contribution in [1.29, 1.82) is 0 Å². The molecule has 4 nitrogen and oxygen atoms in total. The lowest BCUT2D eigenvalue weighted by Crippen LogP contribution is -2.19. The minimum absolute atomic E-state index is 0.0300. The van der Waals surface area contributed by atoms with Crippen molar-refractivity contribution in [1.82, 2.24) is 0 Å². The van der Waals surface area contributed by atoms with E-state index in [1.807, 2.05) is 6.08 Å². The van der Waals surface area contributed by atoms with E-state index in [9.17, 15) is 9.90 Å². The third-order valence-corrected chi connectivity index (χ3v) is 2.76. The summed E-state index contributed by atoms with van der Waals surface area (Å²) in [6.07, 6.45) is 1.83. The number of methoxy groups -OCH3 is 1. The fraction of sp³-hybridized carbons (Fsp3) is 0.667. The minimum Gasteiger partial charge on any atom is -0.466 e. The molecule has 0 unspecified atom stereocenters. The van der Waals surface area contributed by atoms with Gasteiger partial charge in [-0.15, -0.1) is 0 Å². The van der Waals surface area contributed by atoms with Gasteiger partial charge in [0.15, 0.2) is 6.29 Å². The Morgan fingerprint density at radius 2 is 2.54 bits per heavy atom. The molecule has 1 heterocycles. The maximum atomic E-state index is 11.2. The summed E-state index contributed by atoms with van der Waals surface area (Å²) in [4.78, 5) is 11.2. The van der Waals surface area contributed by atoms with Crippen molar-refractivity contribution >= 4 is 5.97 Å². The quantitative estimate of drug-likeness (QED) is 0.586. The molecular weight excluding hydrogens is 172 g/mol. The fourth-order valence-electron chi connectivity index (χ4n) is 2.02. The highest BCUT2D eigenvalue weighted by Gasteiger charge is 2.43. The van der Waals surface area contributed by atoms with E-state index in [4.69, 9.17) is 4.74 Å². The second-order valence-corrected chi connectivity index (χ2v) is 3.38. The third kappa shape index (κ3) is 1.26. The molecule has 2 rings (SSSR count). The Labute approximate surface area is 76.1 Å². The second kappa shape index (κ2) is 3.12. The molecule has 0 aromatic heterocycles. The molecule has 4 heteroatoms. The zero-order chi connectivity index (χ0) is 9.42. The lowest BCUT2D eigenvalue weighted by atomic mass is 9.94. The highest BCUT2D eigenvalue weighted by molar-refractivity contribution is 5.89. The monoisotopic (exact) mass is 184 g/mol. The van der Waals surface area contributed by atoms with Gasteiger partial charge in [0.05, 0.1) is 13.7 Å². The van der Waals surface area contributed by atoms with E-state index in [2.05, 4.69) is 4.74 Å². The van der Waals surface area contributed by atoms with Crippen LogP contribution < -0.4 is 0 Å². The molecular formula is C9H12O4. The summed E-state index contributed by atoms with van der Waals surface area (Å²) in [6.45, 7) is 0.423. The molecule has 0 spiro atoms. The summed E-state index contributed by atoms with van der Waals surface area (Å²) in [5.74, 6) is -0.221. The van der Waals surface area contributed by atoms with Crippen molar-refractivity contribution in [2.45, 2.75) is 12.7 Å². The normalized spacial score (nSPS) is 37.1. The van der Waals surface area contributed by atoms with Gasteiger partial charge < -0.3 is 14.6 Å². The summed E-state index contributed by atoms with van der Waals surface area (Å²) in [6, 6.07) is 0. The topological polar surface area (TPSA) is 55.8 Å². The van der Waals surface area contributed by atoms with E-state index in [-0.39, 0.29) is 17.8 Å². The largest absolute Gasteiger partial charge is 0.466 e. The Kier molecular flexibility index (Phi) is 2.09. The Bertz CT molecular complexity index is 258. The number of allylic oxidation sites excluding steroid dienone is 1. The predicted octanol–water partition coefficient (Wildman–Crippen LogP) is 0.0705. The van der Waals surface area contributed by atoms with Crippen molar-refractivity contribution in [3.63, 3.8) is 0 Å². The fourth-order valence-corrected chi connectivity index (χ4v) is 2.02. The van der Waals surface area contributed by atoms with Crippen LogP contribution in [0.1, 0.15) is 6.42 Å². The second-order valence-electron chi connectivity index (χ2n) is 3.38. The molecule has 1 aliphatic carbocycles. The van der Waals surface area contributed by atoms with Crippen LogP contribution in [0.4, 0.5) is 0 Å². The van der Waals surface area contributed by atoms with Crippen LogP contribution in [-0.2, 0) is 14.3 Å². The zero-order valence-corrected chi connectivity index (χ0v) is 7.40. The standard InChI is InChI=1S/C9H12O4/c1-12-8(10)5-2-3-6-7(5)4-13-9(6)11/h2,6-7,9,11H,3-4H2,1H3/t6-,7+,9-/m0/s1. The summed E-state index contributed by atoms with van der Waals surface area (Å²) in [5, 5.41) is 9.36. The number of carbonyl (C=O) groups excluding carboxylic acids is 1. The summed E-state index contributed by atoms with van der Waals surface area (Å²) < 4.78 is 9.68. The number of rotatable bonds is 1. The van der Waals surface area contributed by atoms with E-state index in [0.29, 0.717) is 18.6 Å². The maximum absolute atomic E-state index is 11.2. The van der Waals surface area contributed by atoms with E-state index >= 15 is 0 Å². The minimum atomic E-state index is -0.719. The number of hydrogen-bond donors (Lipinski definition) is 1. The zero-order valence-electron chi connectivity index (χ0n) is 7.40. The number of hydrogen-bond acceptors (Lipinski definition) is 4. The summed E-state index contributed by atoms with van der Waals surface area (Å²) in [7, 11) is 1.36. The van der Waals surface area contributed by atoms with Crippen LogP contribution in [0.5, 0.6) is 0 Å². The van der Waals surface area contributed by atoms with Gasteiger partial charge in [-0.1, -0.05) is 6.08 Å². The van der Waals surface area contributed by atoms with Gasteiger partial charge in [-0.05, 0) is 6.42 Å². The van der Waals surface area contributed by atoms with Gasteiger partial charge in [-0.2, -0.15) is 0 Å². The van der Waals surface area contributed by atoms with Crippen molar-refractivity contribution < 1.29 is 19.4 Å². The lowest BCUT2D eigenvalue weighted by molar-refractivity contribution is -0.136. The number of fused-ring (bicyclic) bond motifs is 1. The van der Waals surface area contributed by atoms with Gasteiger partial charge in [0.2, 0.25) is 0 Å². The Hall–Kier alpha value is -0.870. The van der Waals surface area contributed by atoms with Gasteiger partial charge in [-0.3, -0.25) is 0 Å². The first kappa shape index (κ1) is 8.72. The number of carbonyl (C=O) groups is 1. The van der Waals surface area contributed by atoms with Crippen molar-refractivity contribution in [2.75, 3.05) is 13.7 Å². The molecule has 0 amide bonds. The lowest BCUT2D eigenvalue weighted by Gasteiger charge is -2.11. The molecule has 0 aromatic rings. The van der Waals surface area contributed by atoms with Crippen LogP contribution in [0.15, 0.2) is 11.6 Å². The molecule has 13 heavy (non-hydrogen) atoms. The Balaban J connectivity index is 2.13. The van der Waals surface area contributed by atoms with E-state index in [1.165, 1.54) is 7.11 Å². The van der Waals surface area contributed by atoms with Crippen LogP contribution >= 0.6 is 0 Å². The van der Waals surface area contributed by atoms with Crippen LogP contribution in [0.3, 0.4) is 0 Å². The third-order valence-electron chi connectivity index (χ3n) is 2.76. The molecule has 1 N–H and O–H groups in total. The van der Waals surface area contributed by atoms with Crippen LogP contribution in [-0.4, -0.2) is 31.1 Å². The average Bonchev–Trinajstić information content (AvgIpc) is 2.68. The molecule has 1 saturated heterocycles. The highest BCUT2D eigenvalue weighted by atomic mass is 16.6. The first-order valence-electron chi connectivity index (χ1n) is 4.32. The molecule has 3 atom stereocenters. The molecule has 0 radical (unpaired) electrons. The van der Waals surface area contributed by atoms with E-state index in [0.717, 1.165) is 0 Å². The van der Waals surface area contributed by atoms with E-state index in [1.54, 1.807) is 0 Å². The first-order chi connectivity index (χ1) is 6.24. The average molecular weight is 184 g/mol. The highest BCUT2D eigenvalue weighted by Crippen LogP contribution is 2.40. The molecule has 2 aliphatic rings. The first-order valence-corrected chi connectivity index (χ1v) is 4.32. The van der Waals surface area contributed by atoms with Crippen molar-refractivity contribution in [3.8, 4) is 0 Å². The van der Waals surface area contributed by atoms with Crippen LogP contribution in [0, 0.1) is 11.8 Å². The van der Waals surface area contributed by atoms with Crippen LogP contribution in [0.25, 0.3) is 0 Å². The number of aliphatic hydroxyl groups is 1. The van der Waals surface area contributed by atoms with Gasteiger partial charge in [-0.25, -0.2) is 4.79 Å². The summed E-state index contributed by atoms with van der Waals surface area (Å²) in [5.41, 5.74) is 0.657. The Morgan fingerprint density at radius 3 is 3.23 bits per heavy atom. The smallest absolute Gasteiger partial charge is 0.333 e. The molecule has 1 fully saturated rings. The van der Waals surface area contributed by atoms with Gasteiger partial charge in [0.25, 0.3) is 0 Å². The van der Waals surface area contributed by atoms with Crippen molar-refractivity contribution in [2.24, 2.45) is 11.8 Å². The summed E-state index contributed by atoms with van der Waals surface area (Å²) >= 11 is 0. The number of aliphatic hydroxyl groups excluding tert-OH is 1. The molecule has 0 saturated carbocycles. The van der Waals surface area contributed by atoms with Gasteiger partial charge >= 0.3 is 5.97 Å². The number of esters is 1. The molecule has 0 aromatic carbocycles.